The van der Waals surface area contributed by atoms with Crippen molar-refractivity contribution in [2.75, 3.05) is 24.5 Å². The number of carbonyl (C=O) groups is 1. The van der Waals surface area contributed by atoms with E-state index in [1.54, 1.807) is 0 Å². The number of likely N-dealkylation sites (N-methyl/N-ethyl adjacent to an activating group) is 1. The summed E-state index contributed by atoms with van der Waals surface area (Å²) < 4.78 is 0. The maximum atomic E-state index is 12.6. The first-order valence-electron chi connectivity index (χ1n) is 7.47. The second-order valence-electron chi connectivity index (χ2n) is 5.43. The van der Waals surface area contributed by atoms with Gasteiger partial charge in [-0.05, 0) is 38.8 Å². The summed E-state index contributed by atoms with van der Waals surface area (Å²) in [7, 11) is 0. The Morgan fingerprint density at radius 2 is 2.05 bits per heavy atom. The number of hydrogen-bond acceptors (Lipinski definition) is 3. The van der Waals surface area contributed by atoms with Crippen LogP contribution in [-0.4, -0.2) is 42.5 Å². The quantitative estimate of drug-likeness (QED) is 0.908. The lowest BCUT2D eigenvalue weighted by atomic mass is 9.97. The second kappa shape index (κ2) is 6.27. The van der Waals surface area contributed by atoms with E-state index in [4.69, 9.17) is 5.73 Å². The number of para-hydroxylation sites is 1. The van der Waals surface area contributed by atoms with Gasteiger partial charge in [-0.15, -0.1) is 0 Å². The van der Waals surface area contributed by atoms with Crippen LogP contribution >= 0.6 is 0 Å². The molecule has 4 heteroatoms. The van der Waals surface area contributed by atoms with Crippen molar-refractivity contribution in [1.82, 2.24) is 4.90 Å². The zero-order valence-electron chi connectivity index (χ0n) is 12.7. The van der Waals surface area contributed by atoms with Gasteiger partial charge in [-0.1, -0.05) is 18.2 Å². The van der Waals surface area contributed by atoms with Gasteiger partial charge in [0, 0.05) is 31.4 Å². The minimum absolute atomic E-state index is 0.0943. The van der Waals surface area contributed by atoms with Gasteiger partial charge < -0.3 is 15.5 Å². The Morgan fingerprint density at radius 3 is 2.70 bits per heavy atom. The van der Waals surface area contributed by atoms with E-state index in [9.17, 15) is 4.79 Å². The average molecular weight is 275 g/mol. The van der Waals surface area contributed by atoms with Crippen molar-refractivity contribution in [1.29, 1.82) is 0 Å². The fraction of sp³-hybridized carbons (Fsp3) is 0.562. The molecule has 0 aromatic heterocycles. The fourth-order valence-corrected chi connectivity index (χ4v) is 2.96. The van der Waals surface area contributed by atoms with Crippen LogP contribution in [0.3, 0.4) is 0 Å². The molecule has 2 unspecified atom stereocenters. The lowest BCUT2D eigenvalue weighted by molar-refractivity contribution is -0.131. The molecule has 1 aliphatic rings. The highest BCUT2D eigenvalue weighted by Gasteiger charge is 2.30. The lowest BCUT2D eigenvalue weighted by Gasteiger charge is -2.39. The molecule has 0 aliphatic carbocycles. The van der Waals surface area contributed by atoms with Crippen LogP contribution in [0.5, 0.6) is 0 Å². The van der Waals surface area contributed by atoms with Crippen molar-refractivity contribution < 1.29 is 4.79 Å². The molecule has 1 aliphatic heterocycles. The van der Waals surface area contributed by atoms with Crippen molar-refractivity contribution in [2.24, 2.45) is 5.73 Å². The van der Waals surface area contributed by atoms with Gasteiger partial charge in [0.25, 0.3) is 0 Å². The molecule has 1 aromatic rings. The third kappa shape index (κ3) is 2.80. The van der Waals surface area contributed by atoms with Crippen LogP contribution in [0.4, 0.5) is 5.69 Å². The first-order valence-corrected chi connectivity index (χ1v) is 7.47. The van der Waals surface area contributed by atoms with E-state index in [-0.39, 0.29) is 18.0 Å². The van der Waals surface area contributed by atoms with E-state index in [1.165, 1.54) is 5.56 Å². The van der Waals surface area contributed by atoms with Crippen LogP contribution in [0.15, 0.2) is 24.3 Å². The van der Waals surface area contributed by atoms with E-state index in [2.05, 4.69) is 17.0 Å². The standard InChI is InChI=1S/C16H25N3O/c1-4-18(5-2)16(20)12(3)19-11-14(17)10-13-8-6-7-9-15(13)19/h6-9,12,14H,4-5,10-11,17H2,1-3H3. The Bertz CT molecular complexity index is 471. The summed E-state index contributed by atoms with van der Waals surface area (Å²) in [4.78, 5) is 16.6. The molecule has 20 heavy (non-hydrogen) atoms. The summed E-state index contributed by atoms with van der Waals surface area (Å²) >= 11 is 0. The minimum Gasteiger partial charge on any atom is -0.358 e. The van der Waals surface area contributed by atoms with Gasteiger partial charge in [0.15, 0.2) is 0 Å². The Labute approximate surface area is 121 Å². The fourth-order valence-electron chi connectivity index (χ4n) is 2.96. The number of hydrogen-bond donors (Lipinski definition) is 1. The summed E-state index contributed by atoms with van der Waals surface area (Å²) in [6, 6.07) is 8.19. The number of nitrogens with two attached hydrogens (primary N) is 1. The summed E-state index contributed by atoms with van der Waals surface area (Å²) in [5, 5.41) is 0. The molecular formula is C16H25N3O. The highest BCUT2D eigenvalue weighted by Crippen LogP contribution is 2.28. The van der Waals surface area contributed by atoms with Crippen molar-refractivity contribution in [3.05, 3.63) is 29.8 Å². The van der Waals surface area contributed by atoms with Crippen LogP contribution in [0.1, 0.15) is 26.3 Å². The summed E-state index contributed by atoms with van der Waals surface area (Å²) in [6.07, 6.45) is 0.888. The Hall–Kier alpha value is -1.55. The molecule has 0 spiro atoms. The maximum absolute atomic E-state index is 12.6. The van der Waals surface area contributed by atoms with Gasteiger partial charge >= 0.3 is 0 Å². The Morgan fingerprint density at radius 1 is 1.40 bits per heavy atom. The van der Waals surface area contributed by atoms with E-state index in [0.29, 0.717) is 0 Å². The number of amides is 1. The van der Waals surface area contributed by atoms with E-state index >= 15 is 0 Å². The summed E-state index contributed by atoms with van der Waals surface area (Å²) in [6.45, 7) is 8.26. The molecule has 0 saturated heterocycles. The molecule has 2 N–H and O–H groups in total. The number of anilines is 1. The Kier molecular flexibility index (Phi) is 4.65. The lowest BCUT2D eigenvalue weighted by Crippen LogP contribution is -2.53. The molecule has 2 atom stereocenters. The molecule has 0 bridgehead atoms. The van der Waals surface area contributed by atoms with Crippen LogP contribution in [0, 0.1) is 0 Å². The predicted octanol–water partition coefficient (Wildman–Crippen LogP) is 1.63. The highest BCUT2D eigenvalue weighted by atomic mass is 16.2. The molecule has 1 aromatic carbocycles. The van der Waals surface area contributed by atoms with Crippen molar-refractivity contribution in [3.63, 3.8) is 0 Å². The number of carbonyl (C=O) groups excluding carboxylic acids is 1. The first-order chi connectivity index (χ1) is 9.58. The topological polar surface area (TPSA) is 49.6 Å². The largest absolute Gasteiger partial charge is 0.358 e. The molecule has 0 saturated carbocycles. The van der Waals surface area contributed by atoms with E-state index in [0.717, 1.165) is 31.7 Å². The van der Waals surface area contributed by atoms with Gasteiger partial charge in [0.2, 0.25) is 5.91 Å². The Balaban J connectivity index is 2.26. The number of benzene rings is 1. The zero-order valence-corrected chi connectivity index (χ0v) is 12.7. The molecule has 4 nitrogen and oxygen atoms in total. The van der Waals surface area contributed by atoms with Crippen LogP contribution in [-0.2, 0) is 11.2 Å². The van der Waals surface area contributed by atoms with Crippen molar-refractivity contribution in [3.8, 4) is 0 Å². The second-order valence-corrected chi connectivity index (χ2v) is 5.43. The normalized spacial score (nSPS) is 19.4. The molecule has 0 radical (unpaired) electrons. The zero-order chi connectivity index (χ0) is 14.7. The molecule has 2 rings (SSSR count). The molecule has 1 heterocycles. The van der Waals surface area contributed by atoms with E-state index < -0.39 is 0 Å². The number of rotatable bonds is 4. The van der Waals surface area contributed by atoms with Gasteiger partial charge in [0.05, 0.1) is 0 Å². The third-order valence-corrected chi connectivity index (χ3v) is 4.11. The van der Waals surface area contributed by atoms with E-state index in [1.807, 2.05) is 37.8 Å². The smallest absolute Gasteiger partial charge is 0.244 e. The van der Waals surface area contributed by atoms with Crippen LogP contribution in [0.2, 0.25) is 0 Å². The highest BCUT2D eigenvalue weighted by molar-refractivity contribution is 5.85. The summed E-state index contributed by atoms with van der Waals surface area (Å²) in [5.41, 5.74) is 8.55. The van der Waals surface area contributed by atoms with Crippen LogP contribution in [0.25, 0.3) is 0 Å². The third-order valence-electron chi connectivity index (χ3n) is 4.11. The average Bonchev–Trinajstić information content (AvgIpc) is 2.46. The van der Waals surface area contributed by atoms with Gasteiger partial charge in [-0.3, -0.25) is 4.79 Å². The monoisotopic (exact) mass is 275 g/mol. The SMILES string of the molecule is CCN(CC)C(=O)C(C)N1CC(N)Cc2ccccc21. The van der Waals surface area contributed by atoms with Gasteiger partial charge in [0.1, 0.15) is 6.04 Å². The predicted molar refractivity (Wildman–Crippen MR) is 82.9 cm³/mol. The van der Waals surface area contributed by atoms with Gasteiger partial charge in [-0.25, -0.2) is 0 Å². The number of nitrogens with zero attached hydrogens (tertiary/aromatic N) is 2. The summed E-state index contributed by atoms with van der Waals surface area (Å²) in [5.74, 6) is 0.180. The van der Waals surface area contributed by atoms with Gasteiger partial charge in [-0.2, -0.15) is 0 Å². The first kappa shape index (κ1) is 14.9. The number of fused-ring (bicyclic) bond motifs is 1. The van der Waals surface area contributed by atoms with Crippen molar-refractivity contribution >= 4 is 11.6 Å². The van der Waals surface area contributed by atoms with Crippen molar-refractivity contribution in [2.45, 2.75) is 39.3 Å². The maximum Gasteiger partial charge on any atom is 0.244 e. The molecule has 0 fully saturated rings. The molecular weight excluding hydrogens is 250 g/mol. The molecule has 110 valence electrons. The molecule has 1 amide bonds. The van der Waals surface area contributed by atoms with Crippen LogP contribution < -0.4 is 10.6 Å². The minimum atomic E-state index is -0.164.